The van der Waals surface area contributed by atoms with Crippen molar-refractivity contribution in [1.29, 1.82) is 0 Å². The van der Waals surface area contributed by atoms with Crippen molar-refractivity contribution in [2.45, 2.75) is 84.8 Å². The Labute approximate surface area is 213 Å². The van der Waals surface area contributed by atoms with Crippen LogP contribution in [0.15, 0.2) is 35.1 Å². The van der Waals surface area contributed by atoms with E-state index in [1.165, 1.54) is 48.8 Å². The van der Waals surface area contributed by atoms with Gasteiger partial charge in [-0.25, -0.2) is 9.37 Å². The van der Waals surface area contributed by atoms with Crippen LogP contribution in [0.25, 0.3) is 11.3 Å². The molecule has 1 aliphatic carbocycles. The Morgan fingerprint density at radius 2 is 1.92 bits per heavy atom. The van der Waals surface area contributed by atoms with Crippen molar-refractivity contribution in [3.63, 3.8) is 0 Å². The molecule has 1 N–H and O–H groups in total. The van der Waals surface area contributed by atoms with Crippen LogP contribution in [0.3, 0.4) is 0 Å². The molecule has 0 bridgehead atoms. The predicted molar refractivity (Wildman–Crippen MR) is 139 cm³/mol. The monoisotopic (exact) mass is 497 g/mol. The summed E-state index contributed by atoms with van der Waals surface area (Å²) in [7, 11) is 0. The van der Waals surface area contributed by atoms with Crippen molar-refractivity contribution in [1.82, 2.24) is 14.5 Å². The first-order valence-electron chi connectivity index (χ1n) is 13.4. The topological polar surface area (TPSA) is 75.4 Å². The number of halogens is 1. The predicted octanol–water partition coefficient (Wildman–Crippen LogP) is 5.26. The molecule has 196 valence electrons. The second-order valence-electron chi connectivity index (χ2n) is 11.4. The summed E-state index contributed by atoms with van der Waals surface area (Å²) in [5, 5.41) is 11.9. The quantitative estimate of drug-likeness (QED) is 0.591. The van der Waals surface area contributed by atoms with Gasteiger partial charge in [-0.1, -0.05) is 65.0 Å². The zero-order valence-electron chi connectivity index (χ0n) is 22.1. The van der Waals surface area contributed by atoms with Gasteiger partial charge in [-0.15, -0.1) is 0 Å². The van der Waals surface area contributed by atoms with Crippen molar-refractivity contribution in [3.05, 3.63) is 52.3 Å². The number of carbonyl (C=O) groups excluding carboxylic acids is 1. The highest BCUT2D eigenvalue weighted by molar-refractivity contribution is 5.79. The molecule has 1 amide bonds. The number of rotatable bonds is 6. The fraction of sp³-hybridized carbons (Fsp3) is 0.621. The molecular weight excluding hydrogens is 457 g/mol. The number of amides is 1. The van der Waals surface area contributed by atoms with E-state index in [4.69, 9.17) is 0 Å². The van der Waals surface area contributed by atoms with Crippen LogP contribution in [0.5, 0.6) is 0 Å². The number of hydrogen-bond acceptors (Lipinski definition) is 4. The van der Waals surface area contributed by atoms with Gasteiger partial charge in [0.2, 0.25) is 5.91 Å². The van der Waals surface area contributed by atoms with E-state index in [2.05, 4.69) is 11.9 Å². The van der Waals surface area contributed by atoms with Crippen LogP contribution in [0.2, 0.25) is 0 Å². The van der Waals surface area contributed by atoms with Gasteiger partial charge in [0.15, 0.2) is 5.72 Å². The van der Waals surface area contributed by atoms with Crippen molar-refractivity contribution in [2.24, 2.45) is 17.3 Å². The first-order valence-corrected chi connectivity index (χ1v) is 13.4. The lowest BCUT2D eigenvalue weighted by Gasteiger charge is -2.51. The molecule has 0 radical (unpaired) electrons. The SMILES string of the molecule is CCC(CC1CCCCC1)C(=O)N1CCC(O)(n2c(C)nc(-c3ccccc3F)cc2=O)C(C)(C)C1. The van der Waals surface area contributed by atoms with Crippen molar-refractivity contribution >= 4 is 5.91 Å². The van der Waals surface area contributed by atoms with E-state index >= 15 is 0 Å². The van der Waals surface area contributed by atoms with E-state index in [1.807, 2.05) is 18.7 Å². The number of hydrogen-bond donors (Lipinski definition) is 1. The molecule has 7 heteroatoms. The van der Waals surface area contributed by atoms with Gasteiger partial charge in [-0.2, -0.15) is 0 Å². The average Bonchev–Trinajstić information content (AvgIpc) is 2.84. The van der Waals surface area contributed by atoms with Gasteiger partial charge in [0.25, 0.3) is 5.56 Å². The standard InChI is InChI=1S/C29H40FN3O3/c1-5-22(17-21-11-7-6-8-12-21)27(35)32-16-15-29(36,28(3,4)19-32)33-20(2)31-25(18-26(33)34)23-13-9-10-14-24(23)30/h9-10,13-14,18,21-22,36H,5-8,11-12,15-17,19H2,1-4H3. The lowest BCUT2D eigenvalue weighted by Crippen LogP contribution is -2.62. The van der Waals surface area contributed by atoms with E-state index in [0.29, 0.717) is 24.8 Å². The minimum atomic E-state index is -1.52. The third-order valence-electron chi connectivity index (χ3n) is 8.50. The van der Waals surface area contributed by atoms with Crippen LogP contribution in [0, 0.1) is 30.0 Å². The summed E-state index contributed by atoms with van der Waals surface area (Å²) in [6.07, 6.45) is 8.24. The maximum Gasteiger partial charge on any atom is 0.256 e. The molecule has 2 atom stereocenters. The Hall–Kier alpha value is -2.54. The first kappa shape index (κ1) is 26.5. The highest BCUT2D eigenvalue weighted by Gasteiger charge is 2.51. The summed E-state index contributed by atoms with van der Waals surface area (Å²) in [4.78, 5) is 33.2. The lowest BCUT2D eigenvalue weighted by atomic mass is 9.74. The Balaban J connectivity index is 1.56. The summed E-state index contributed by atoms with van der Waals surface area (Å²) in [6.45, 7) is 8.26. The molecule has 4 rings (SSSR count). The van der Waals surface area contributed by atoms with Crippen LogP contribution in [0.4, 0.5) is 4.39 Å². The van der Waals surface area contributed by atoms with Crippen molar-refractivity contribution in [3.8, 4) is 11.3 Å². The number of piperidine rings is 1. The molecule has 0 spiro atoms. The lowest BCUT2D eigenvalue weighted by molar-refractivity contribution is -0.187. The molecule has 2 unspecified atom stereocenters. The molecule has 36 heavy (non-hydrogen) atoms. The number of benzene rings is 1. The molecule has 2 aromatic rings. The van der Waals surface area contributed by atoms with Gasteiger partial charge in [0.1, 0.15) is 11.6 Å². The van der Waals surface area contributed by atoms with Crippen LogP contribution in [-0.4, -0.2) is 38.6 Å². The summed E-state index contributed by atoms with van der Waals surface area (Å²) in [5.74, 6) is 0.658. The zero-order chi connectivity index (χ0) is 26.1. The van der Waals surface area contributed by atoms with Crippen LogP contribution < -0.4 is 5.56 Å². The largest absolute Gasteiger partial charge is 0.370 e. The molecule has 1 aromatic carbocycles. The van der Waals surface area contributed by atoms with Crippen molar-refractivity contribution < 1.29 is 14.3 Å². The zero-order valence-corrected chi connectivity index (χ0v) is 22.1. The fourth-order valence-electron chi connectivity index (χ4n) is 6.29. The van der Waals surface area contributed by atoms with E-state index in [0.717, 1.165) is 12.8 Å². The number of carbonyl (C=O) groups is 1. The number of aliphatic hydroxyl groups is 1. The van der Waals surface area contributed by atoms with Gasteiger partial charge >= 0.3 is 0 Å². The van der Waals surface area contributed by atoms with Gasteiger partial charge in [-0.05, 0) is 37.8 Å². The molecule has 2 aliphatic rings. The minimum Gasteiger partial charge on any atom is -0.370 e. The van der Waals surface area contributed by atoms with E-state index in [-0.39, 0.29) is 29.5 Å². The van der Waals surface area contributed by atoms with E-state index < -0.39 is 22.5 Å². The number of nitrogens with zero attached hydrogens (tertiary/aromatic N) is 3. The summed E-state index contributed by atoms with van der Waals surface area (Å²) in [5.41, 5.74) is -2.24. The van der Waals surface area contributed by atoms with E-state index in [9.17, 15) is 19.1 Å². The number of likely N-dealkylation sites (tertiary alicyclic amines) is 1. The highest BCUT2D eigenvalue weighted by Crippen LogP contribution is 2.43. The van der Waals surface area contributed by atoms with Gasteiger partial charge in [0, 0.05) is 42.5 Å². The second kappa shape index (κ2) is 10.4. The number of aromatic nitrogens is 2. The Bertz CT molecular complexity index is 1150. The van der Waals surface area contributed by atoms with E-state index in [1.54, 1.807) is 25.1 Å². The third-order valence-corrected chi connectivity index (χ3v) is 8.50. The minimum absolute atomic E-state index is 0.00118. The molecule has 1 saturated heterocycles. The molecule has 2 heterocycles. The molecular formula is C29H40FN3O3. The molecule has 1 saturated carbocycles. The van der Waals surface area contributed by atoms with Crippen molar-refractivity contribution in [2.75, 3.05) is 13.1 Å². The summed E-state index contributed by atoms with van der Waals surface area (Å²) < 4.78 is 15.6. The fourth-order valence-corrected chi connectivity index (χ4v) is 6.29. The average molecular weight is 498 g/mol. The van der Waals surface area contributed by atoms with Crippen LogP contribution in [0.1, 0.15) is 78.0 Å². The summed E-state index contributed by atoms with van der Waals surface area (Å²) >= 11 is 0. The molecule has 1 aliphatic heterocycles. The normalized spacial score (nSPS) is 23.4. The smallest absolute Gasteiger partial charge is 0.256 e. The Morgan fingerprint density at radius 3 is 2.53 bits per heavy atom. The number of aryl methyl sites for hydroxylation is 1. The second-order valence-corrected chi connectivity index (χ2v) is 11.4. The molecule has 1 aromatic heterocycles. The van der Waals surface area contributed by atoms with Crippen LogP contribution in [-0.2, 0) is 10.5 Å². The maximum absolute atomic E-state index is 14.3. The Kier molecular flexibility index (Phi) is 7.69. The van der Waals surface area contributed by atoms with Gasteiger partial charge in [-0.3, -0.25) is 14.2 Å². The molecule has 2 fully saturated rings. The summed E-state index contributed by atoms with van der Waals surface area (Å²) in [6, 6.07) is 7.49. The molecule has 6 nitrogen and oxygen atoms in total. The van der Waals surface area contributed by atoms with Gasteiger partial charge < -0.3 is 10.0 Å². The highest BCUT2D eigenvalue weighted by atomic mass is 19.1. The first-order chi connectivity index (χ1) is 17.1. The maximum atomic E-state index is 14.3. The van der Waals surface area contributed by atoms with Gasteiger partial charge in [0.05, 0.1) is 5.69 Å². The third kappa shape index (κ3) is 4.99. The van der Waals surface area contributed by atoms with Crippen LogP contribution >= 0.6 is 0 Å². The Morgan fingerprint density at radius 1 is 1.22 bits per heavy atom.